The van der Waals surface area contributed by atoms with E-state index < -0.39 is 0 Å². The summed E-state index contributed by atoms with van der Waals surface area (Å²) in [5, 5.41) is 9.83. The molecule has 0 aliphatic rings. The van der Waals surface area contributed by atoms with Crippen molar-refractivity contribution >= 4 is 75.0 Å². The fraction of sp³-hybridized carbons (Fsp3) is 0. The van der Waals surface area contributed by atoms with Crippen LogP contribution in [0.1, 0.15) is 0 Å². The van der Waals surface area contributed by atoms with Crippen molar-refractivity contribution in [2.45, 2.75) is 0 Å². The van der Waals surface area contributed by atoms with E-state index in [0.717, 1.165) is 27.5 Å². The molecule has 0 aliphatic carbocycles. The number of furan rings is 1. The number of hydrogen-bond donors (Lipinski definition) is 0. The van der Waals surface area contributed by atoms with E-state index in [1.54, 1.807) is 0 Å². The fourth-order valence-corrected chi connectivity index (χ4v) is 7.50. The summed E-state index contributed by atoms with van der Waals surface area (Å²) in [6, 6.07) is 41.6. The van der Waals surface area contributed by atoms with Crippen LogP contribution >= 0.6 is 11.3 Å². The van der Waals surface area contributed by atoms with Crippen LogP contribution in [0, 0.1) is 0 Å². The summed E-state index contributed by atoms with van der Waals surface area (Å²) in [5.74, 6) is 0. The van der Waals surface area contributed by atoms with Gasteiger partial charge in [-0.3, -0.25) is 4.98 Å². The second-order valence-electron chi connectivity index (χ2n) is 10.4. The minimum atomic E-state index is 0.922. The van der Waals surface area contributed by atoms with Crippen molar-refractivity contribution in [2.24, 2.45) is 0 Å². The molecule has 40 heavy (non-hydrogen) atoms. The highest BCUT2D eigenvalue weighted by atomic mass is 32.1. The zero-order valence-corrected chi connectivity index (χ0v) is 22.2. The molecule has 0 fully saturated rings. The van der Waals surface area contributed by atoms with E-state index in [-0.39, 0.29) is 0 Å². The first-order chi connectivity index (χ1) is 19.8. The number of nitrogens with zero attached hydrogens (tertiary/aromatic N) is 1. The van der Waals surface area contributed by atoms with Crippen LogP contribution < -0.4 is 0 Å². The predicted octanol–water partition coefficient (Wildman–Crippen LogP) is 11.0. The van der Waals surface area contributed by atoms with Crippen LogP contribution in [0.15, 0.2) is 132 Å². The number of para-hydroxylation sites is 1. The van der Waals surface area contributed by atoms with Gasteiger partial charge in [-0.15, -0.1) is 11.3 Å². The first-order valence-corrected chi connectivity index (χ1v) is 14.3. The lowest BCUT2D eigenvalue weighted by Gasteiger charge is -2.14. The van der Waals surface area contributed by atoms with E-state index in [2.05, 4.69) is 102 Å². The molecule has 6 aromatic carbocycles. The van der Waals surface area contributed by atoms with Crippen molar-refractivity contribution in [1.82, 2.24) is 4.98 Å². The van der Waals surface area contributed by atoms with Gasteiger partial charge < -0.3 is 4.42 Å². The average Bonchev–Trinajstić information content (AvgIpc) is 3.58. The lowest BCUT2D eigenvalue weighted by atomic mass is 9.90. The second kappa shape index (κ2) is 8.25. The topological polar surface area (TPSA) is 26.0 Å². The maximum absolute atomic E-state index is 6.30. The lowest BCUT2D eigenvalue weighted by Crippen LogP contribution is -1.87. The van der Waals surface area contributed by atoms with Crippen LogP contribution in [-0.4, -0.2) is 4.98 Å². The van der Waals surface area contributed by atoms with Crippen LogP contribution in [0.5, 0.6) is 0 Å². The monoisotopic (exact) mass is 527 g/mol. The minimum Gasteiger partial charge on any atom is -0.456 e. The number of thiophene rings is 1. The molecule has 3 aromatic heterocycles. The maximum atomic E-state index is 6.30. The van der Waals surface area contributed by atoms with E-state index in [1.165, 1.54) is 58.4 Å². The highest BCUT2D eigenvalue weighted by Gasteiger charge is 2.17. The number of pyridine rings is 1. The van der Waals surface area contributed by atoms with Crippen LogP contribution in [0.3, 0.4) is 0 Å². The zero-order chi connectivity index (χ0) is 26.2. The molecule has 0 bridgehead atoms. The average molecular weight is 528 g/mol. The summed E-state index contributed by atoms with van der Waals surface area (Å²) >= 11 is 1.87. The Balaban J connectivity index is 1.43. The summed E-state index contributed by atoms with van der Waals surface area (Å²) in [4.78, 5) is 4.39. The Morgan fingerprint density at radius 3 is 2.30 bits per heavy atom. The third-order valence-electron chi connectivity index (χ3n) is 8.14. The molecular weight excluding hydrogens is 506 g/mol. The Hall–Kier alpha value is -4.99. The van der Waals surface area contributed by atoms with Gasteiger partial charge in [-0.25, -0.2) is 0 Å². The molecule has 9 aromatic rings. The van der Waals surface area contributed by atoms with Gasteiger partial charge in [0, 0.05) is 54.5 Å². The number of fused-ring (bicyclic) bond motifs is 9. The third kappa shape index (κ3) is 3.13. The quantitative estimate of drug-likeness (QED) is 0.209. The molecule has 2 nitrogen and oxygen atoms in total. The van der Waals surface area contributed by atoms with Crippen molar-refractivity contribution in [3.63, 3.8) is 0 Å². The largest absolute Gasteiger partial charge is 0.456 e. The van der Waals surface area contributed by atoms with Gasteiger partial charge in [0.25, 0.3) is 0 Å². The Kier molecular flexibility index (Phi) is 4.52. The van der Waals surface area contributed by atoms with Gasteiger partial charge >= 0.3 is 0 Å². The normalized spacial score (nSPS) is 12.0. The molecule has 186 valence electrons. The zero-order valence-electron chi connectivity index (χ0n) is 21.4. The smallest absolute Gasteiger partial charge is 0.136 e. The van der Waals surface area contributed by atoms with Gasteiger partial charge in [0.05, 0.1) is 0 Å². The lowest BCUT2D eigenvalue weighted by molar-refractivity contribution is 0.669. The van der Waals surface area contributed by atoms with Gasteiger partial charge in [-0.05, 0) is 75.1 Å². The second-order valence-corrected chi connectivity index (χ2v) is 11.4. The van der Waals surface area contributed by atoms with E-state index in [4.69, 9.17) is 4.42 Å². The fourth-order valence-electron chi connectivity index (χ4n) is 6.27. The molecule has 0 unspecified atom stereocenters. The molecule has 0 aliphatic heterocycles. The maximum Gasteiger partial charge on any atom is 0.136 e. The Morgan fingerprint density at radius 2 is 1.38 bits per heavy atom. The van der Waals surface area contributed by atoms with E-state index in [1.807, 2.05) is 41.9 Å². The van der Waals surface area contributed by atoms with Gasteiger partial charge in [0.15, 0.2) is 0 Å². The Morgan fingerprint density at radius 1 is 0.500 bits per heavy atom. The Labute approximate surface area is 233 Å². The van der Waals surface area contributed by atoms with Crippen molar-refractivity contribution in [3.05, 3.63) is 128 Å². The van der Waals surface area contributed by atoms with Crippen molar-refractivity contribution in [3.8, 4) is 22.3 Å². The molecule has 0 amide bonds. The van der Waals surface area contributed by atoms with Gasteiger partial charge in [-0.2, -0.15) is 0 Å². The number of aromatic nitrogens is 1. The van der Waals surface area contributed by atoms with E-state index in [0.29, 0.717) is 0 Å². The summed E-state index contributed by atoms with van der Waals surface area (Å²) in [5.41, 5.74) is 6.63. The van der Waals surface area contributed by atoms with E-state index in [9.17, 15) is 0 Å². The number of hydrogen-bond acceptors (Lipinski definition) is 3. The van der Waals surface area contributed by atoms with Crippen LogP contribution in [0.4, 0.5) is 0 Å². The number of rotatable bonds is 2. The molecule has 0 N–H and O–H groups in total. The minimum absolute atomic E-state index is 0.922. The summed E-state index contributed by atoms with van der Waals surface area (Å²) in [6.45, 7) is 0. The summed E-state index contributed by atoms with van der Waals surface area (Å²) < 4.78 is 8.94. The van der Waals surface area contributed by atoms with E-state index >= 15 is 0 Å². The first kappa shape index (κ1) is 21.9. The molecule has 3 heterocycles. The highest BCUT2D eigenvalue weighted by Crippen LogP contribution is 2.45. The molecule has 9 rings (SSSR count). The van der Waals surface area contributed by atoms with Gasteiger partial charge in [0.1, 0.15) is 11.2 Å². The van der Waals surface area contributed by atoms with Crippen molar-refractivity contribution in [1.29, 1.82) is 0 Å². The molecule has 0 saturated carbocycles. The first-order valence-electron chi connectivity index (χ1n) is 13.4. The molecule has 3 heteroatoms. The Bertz CT molecular complexity index is 2430. The highest BCUT2D eigenvalue weighted by molar-refractivity contribution is 7.26. The van der Waals surface area contributed by atoms with Crippen molar-refractivity contribution in [2.75, 3.05) is 0 Å². The SMILES string of the molecule is c1cncc(-c2ccc3c(c2)c(-c2cccc4c2sc2ccccc24)cc2cc4oc5ccccc5c4cc23)c1. The van der Waals surface area contributed by atoms with Gasteiger partial charge in [-0.1, -0.05) is 72.8 Å². The standard InChI is InChI=1S/C37H21NOS/c1-3-12-34-26(8-1)33-20-30-24(19-35(33)39-34)18-32(31-17-22(14-15-25(30)31)23-7-6-16-38-21-23)29-11-5-10-28-27-9-2-4-13-36(27)40-37(28)29/h1-21H. The molecular formula is C37H21NOS. The third-order valence-corrected chi connectivity index (χ3v) is 9.36. The summed E-state index contributed by atoms with van der Waals surface area (Å²) in [7, 11) is 0. The van der Waals surface area contributed by atoms with Crippen LogP contribution in [0.2, 0.25) is 0 Å². The molecule has 0 radical (unpaired) electrons. The van der Waals surface area contributed by atoms with Crippen molar-refractivity contribution < 1.29 is 4.42 Å². The molecule has 0 atom stereocenters. The van der Waals surface area contributed by atoms with Crippen LogP contribution in [0.25, 0.3) is 85.9 Å². The molecule has 0 saturated heterocycles. The number of benzene rings is 6. The predicted molar refractivity (Wildman–Crippen MR) is 170 cm³/mol. The van der Waals surface area contributed by atoms with Gasteiger partial charge in [0.2, 0.25) is 0 Å². The molecule has 0 spiro atoms. The van der Waals surface area contributed by atoms with Crippen LogP contribution in [-0.2, 0) is 0 Å². The summed E-state index contributed by atoms with van der Waals surface area (Å²) in [6.07, 6.45) is 3.77.